The standard InChI is InChI=1S/C17H21BrN4O2.ClH/c1-11-8-13(4-6-19-11)21-16(23)5-7-22-10-20-15-3-2-12(18)9-14(15)17(22)24;/h2-3,9-11,13,19H,4-8H2,1H3,(H,21,23);1H. The summed E-state index contributed by atoms with van der Waals surface area (Å²) in [4.78, 5) is 28.9. The highest BCUT2D eigenvalue weighted by Crippen LogP contribution is 2.15. The summed E-state index contributed by atoms with van der Waals surface area (Å²) >= 11 is 3.37. The van der Waals surface area contributed by atoms with Crippen molar-refractivity contribution in [3.05, 3.63) is 39.4 Å². The van der Waals surface area contributed by atoms with Crippen LogP contribution in [-0.4, -0.2) is 34.1 Å². The van der Waals surface area contributed by atoms with Gasteiger partial charge in [-0.1, -0.05) is 15.9 Å². The van der Waals surface area contributed by atoms with E-state index in [-0.39, 0.29) is 36.3 Å². The number of amides is 1. The summed E-state index contributed by atoms with van der Waals surface area (Å²) in [5.41, 5.74) is 0.539. The predicted octanol–water partition coefficient (Wildman–Crippen LogP) is 2.23. The number of nitrogens with one attached hydrogen (secondary N) is 2. The first-order valence-corrected chi connectivity index (χ1v) is 8.99. The molecule has 0 radical (unpaired) electrons. The first-order chi connectivity index (χ1) is 11.5. The molecule has 1 aliphatic rings. The lowest BCUT2D eigenvalue weighted by atomic mass is 10.0. The maximum Gasteiger partial charge on any atom is 0.261 e. The molecule has 136 valence electrons. The van der Waals surface area contributed by atoms with Crippen LogP contribution in [0.15, 0.2) is 33.8 Å². The lowest BCUT2D eigenvalue weighted by molar-refractivity contribution is -0.122. The normalized spacial score (nSPS) is 20.1. The molecule has 2 N–H and O–H groups in total. The molecule has 2 aromatic rings. The van der Waals surface area contributed by atoms with Gasteiger partial charge in [0.2, 0.25) is 5.91 Å². The Morgan fingerprint density at radius 3 is 3.04 bits per heavy atom. The quantitative estimate of drug-likeness (QED) is 0.781. The first kappa shape index (κ1) is 19.9. The van der Waals surface area contributed by atoms with Gasteiger partial charge in [0.25, 0.3) is 5.56 Å². The second kappa shape index (κ2) is 8.78. The van der Waals surface area contributed by atoms with E-state index in [0.717, 1.165) is 23.9 Å². The van der Waals surface area contributed by atoms with Gasteiger partial charge < -0.3 is 10.6 Å². The van der Waals surface area contributed by atoms with Gasteiger partial charge in [0.05, 0.1) is 17.2 Å². The zero-order chi connectivity index (χ0) is 17.1. The van der Waals surface area contributed by atoms with Gasteiger partial charge in [0.15, 0.2) is 0 Å². The van der Waals surface area contributed by atoms with E-state index < -0.39 is 0 Å². The summed E-state index contributed by atoms with van der Waals surface area (Å²) < 4.78 is 2.34. The number of carbonyl (C=O) groups is 1. The van der Waals surface area contributed by atoms with E-state index in [9.17, 15) is 9.59 Å². The zero-order valence-corrected chi connectivity index (χ0v) is 16.4. The van der Waals surface area contributed by atoms with Crippen LogP contribution in [0.3, 0.4) is 0 Å². The Kier molecular flexibility index (Phi) is 6.98. The maximum absolute atomic E-state index is 12.5. The van der Waals surface area contributed by atoms with Gasteiger partial charge in [-0.25, -0.2) is 4.98 Å². The fraction of sp³-hybridized carbons (Fsp3) is 0.471. The van der Waals surface area contributed by atoms with E-state index in [0.29, 0.717) is 23.5 Å². The summed E-state index contributed by atoms with van der Waals surface area (Å²) in [5.74, 6) is -0.0182. The highest BCUT2D eigenvalue weighted by atomic mass is 79.9. The van der Waals surface area contributed by atoms with Crippen LogP contribution in [0.5, 0.6) is 0 Å². The SMILES string of the molecule is CC1CC(NC(=O)CCn2cnc3ccc(Br)cc3c2=O)CCN1.Cl. The lowest BCUT2D eigenvalue weighted by Crippen LogP contribution is -2.46. The zero-order valence-electron chi connectivity index (χ0n) is 14.0. The molecule has 2 atom stereocenters. The maximum atomic E-state index is 12.5. The topological polar surface area (TPSA) is 76.0 Å². The van der Waals surface area contributed by atoms with Crippen LogP contribution in [-0.2, 0) is 11.3 Å². The van der Waals surface area contributed by atoms with E-state index in [1.165, 1.54) is 10.9 Å². The minimum absolute atomic E-state index is 0. The molecule has 2 unspecified atom stereocenters. The molecule has 0 spiro atoms. The van der Waals surface area contributed by atoms with E-state index in [1.807, 2.05) is 6.07 Å². The van der Waals surface area contributed by atoms with Gasteiger partial charge in [-0.05, 0) is 44.5 Å². The minimum atomic E-state index is -0.121. The summed E-state index contributed by atoms with van der Waals surface area (Å²) in [6, 6.07) is 6.06. The Hall–Kier alpha value is -1.44. The molecular formula is C17H22BrClN4O2. The molecule has 25 heavy (non-hydrogen) atoms. The molecular weight excluding hydrogens is 408 g/mol. The van der Waals surface area contributed by atoms with Crippen molar-refractivity contribution in [1.29, 1.82) is 0 Å². The number of hydrogen-bond donors (Lipinski definition) is 2. The summed E-state index contributed by atoms with van der Waals surface area (Å²) in [6.07, 6.45) is 3.68. The van der Waals surface area contributed by atoms with Crippen molar-refractivity contribution in [2.75, 3.05) is 6.54 Å². The van der Waals surface area contributed by atoms with Crippen molar-refractivity contribution in [2.24, 2.45) is 0 Å². The number of rotatable bonds is 4. The smallest absolute Gasteiger partial charge is 0.261 e. The summed E-state index contributed by atoms with van der Waals surface area (Å²) in [5, 5.41) is 6.98. The Morgan fingerprint density at radius 1 is 1.48 bits per heavy atom. The van der Waals surface area contributed by atoms with Crippen LogP contribution in [0.25, 0.3) is 10.9 Å². The molecule has 1 fully saturated rings. The Balaban J connectivity index is 0.00000225. The number of aryl methyl sites for hydroxylation is 1. The van der Waals surface area contributed by atoms with Crippen molar-refractivity contribution in [1.82, 2.24) is 20.2 Å². The van der Waals surface area contributed by atoms with E-state index in [4.69, 9.17) is 0 Å². The number of carbonyl (C=O) groups excluding carboxylic acids is 1. The molecule has 1 amide bonds. The Bertz CT molecular complexity index is 811. The fourth-order valence-electron chi connectivity index (χ4n) is 3.08. The second-order valence-electron chi connectivity index (χ2n) is 6.30. The molecule has 6 nitrogen and oxygen atoms in total. The van der Waals surface area contributed by atoms with Crippen LogP contribution < -0.4 is 16.2 Å². The highest BCUT2D eigenvalue weighted by Gasteiger charge is 2.19. The van der Waals surface area contributed by atoms with Gasteiger partial charge in [-0.3, -0.25) is 14.2 Å². The van der Waals surface area contributed by atoms with Gasteiger partial charge in [-0.2, -0.15) is 0 Å². The molecule has 2 heterocycles. The van der Waals surface area contributed by atoms with E-state index in [2.05, 4.69) is 38.5 Å². The van der Waals surface area contributed by atoms with Crippen molar-refractivity contribution < 1.29 is 4.79 Å². The van der Waals surface area contributed by atoms with E-state index >= 15 is 0 Å². The third-order valence-corrected chi connectivity index (χ3v) is 4.85. The molecule has 3 rings (SSSR count). The molecule has 1 aromatic heterocycles. The fourth-order valence-corrected chi connectivity index (χ4v) is 3.44. The number of nitrogens with zero attached hydrogens (tertiary/aromatic N) is 2. The summed E-state index contributed by atoms with van der Waals surface area (Å²) in [6.45, 7) is 3.38. The Labute approximate surface area is 160 Å². The highest BCUT2D eigenvalue weighted by molar-refractivity contribution is 9.10. The van der Waals surface area contributed by atoms with Crippen LogP contribution >= 0.6 is 28.3 Å². The molecule has 1 saturated heterocycles. The molecule has 0 saturated carbocycles. The molecule has 0 bridgehead atoms. The van der Waals surface area contributed by atoms with Crippen LogP contribution in [0.1, 0.15) is 26.2 Å². The van der Waals surface area contributed by atoms with Gasteiger partial charge in [0.1, 0.15) is 0 Å². The van der Waals surface area contributed by atoms with Crippen molar-refractivity contribution in [3.63, 3.8) is 0 Å². The number of benzene rings is 1. The number of piperidine rings is 1. The first-order valence-electron chi connectivity index (χ1n) is 8.20. The Morgan fingerprint density at radius 2 is 2.28 bits per heavy atom. The molecule has 8 heteroatoms. The number of aromatic nitrogens is 2. The van der Waals surface area contributed by atoms with Gasteiger partial charge in [-0.15, -0.1) is 12.4 Å². The molecule has 1 aliphatic heterocycles. The van der Waals surface area contributed by atoms with Crippen molar-refractivity contribution in [3.8, 4) is 0 Å². The lowest BCUT2D eigenvalue weighted by Gasteiger charge is -2.28. The van der Waals surface area contributed by atoms with Crippen LogP contribution in [0.2, 0.25) is 0 Å². The van der Waals surface area contributed by atoms with Crippen LogP contribution in [0, 0.1) is 0 Å². The number of halogens is 2. The molecule has 0 aliphatic carbocycles. The largest absolute Gasteiger partial charge is 0.353 e. The predicted molar refractivity (Wildman–Crippen MR) is 104 cm³/mol. The average molecular weight is 430 g/mol. The van der Waals surface area contributed by atoms with Crippen molar-refractivity contribution in [2.45, 2.75) is 44.8 Å². The number of hydrogen-bond acceptors (Lipinski definition) is 4. The summed E-state index contributed by atoms with van der Waals surface area (Å²) in [7, 11) is 0. The van der Waals surface area contributed by atoms with Crippen LogP contribution in [0.4, 0.5) is 0 Å². The van der Waals surface area contributed by atoms with Gasteiger partial charge >= 0.3 is 0 Å². The minimum Gasteiger partial charge on any atom is -0.353 e. The van der Waals surface area contributed by atoms with E-state index in [1.54, 1.807) is 12.1 Å². The molecule has 1 aromatic carbocycles. The van der Waals surface area contributed by atoms with Gasteiger partial charge in [0, 0.05) is 29.5 Å². The monoisotopic (exact) mass is 428 g/mol. The average Bonchev–Trinajstić information content (AvgIpc) is 2.55. The van der Waals surface area contributed by atoms with Crippen molar-refractivity contribution >= 4 is 45.1 Å². The number of fused-ring (bicyclic) bond motifs is 1. The third-order valence-electron chi connectivity index (χ3n) is 4.35. The third kappa shape index (κ3) is 5.03. The second-order valence-corrected chi connectivity index (χ2v) is 7.21.